The van der Waals surface area contributed by atoms with Crippen molar-refractivity contribution in [1.82, 2.24) is 9.29 Å². The first-order valence-electron chi connectivity index (χ1n) is 6.05. The lowest BCUT2D eigenvalue weighted by Crippen LogP contribution is -2.31. The highest BCUT2D eigenvalue weighted by molar-refractivity contribution is 9.10. The van der Waals surface area contributed by atoms with Crippen molar-refractivity contribution in [2.75, 3.05) is 6.54 Å². The quantitative estimate of drug-likeness (QED) is 0.763. The first-order chi connectivity index (χ1) is 10.0. The van der Waals surface area contributed by atoms with Gasteiger partial charge in [-0.15, -0.1) is 0 Å². The fraction of sp³-hybridized carbons (Fsp3) is 0.143. The lowest BCUT2D eigenvalue weighted by Gasteiger charge is -2.19. The molecule has 1 aromatic heterocycles. The number of nitrogens with zero attached hydrogens (tertiary/aromatic N) is 3. The minimum absolute atomic E-state index is 0.0584. The molecule has 7 heteroatoms. The summed E-state index contributed by atoms with van der Waals surface area (Å²) in [5.74, 6) is 0. The summed E-state index contributed by atoms with van der Waals surface area (Å²) in [6.07, 6.45) is 2.78. The lowest BCUT2D eigenvalue weighted by molar-refractivity contribution is 0.441. The van der Waals surface area contributed by atoms with Crippen LogP contribution in [0, 0.1) is 11.3 Å². The van der Waals surface area contributed by atoms with E-state index >= 15 is 0 Å². The minimum atomic E-state index is -3.77. The Morgan fingerprint density at radius 1 is 1.24 bits per heavy atom. The van der Waals surface area contributed by atoms with Crippen molar-refractivity contribution in [3.63, 3.8) is 0 Å². The van der Waals surface area contributed by atoms with Gasteiger partial charge in [-0.2, -0.15) is 9.57 Å². The van der Waals surface area contributed by atoms with Crippen molar-refractivity contribution in [2.45, 2.75) is 11.4 Å². The van der Waals surface area contributed by atoms with E-state index in [2.05, 4.69) is 20.9 Å². The number of sulfonamides is 1. The third-order valence-electron chi connectivity index (χ3n) is 2.77. The molecule has 1 aromatic carbocycles. The molecule has 1 heterocycles. The Balaban J connectivity index is 2.35. The highest BCUT2D eigenvalue weighted by Crippen LogP contribution is 2.20. The van der Waals surface area contributed by atoms with Crippen LogP contribution in [0.5, 0.6) is 0 Å². The number of hydrogen-bond donors (Lipinski definition) is 0. The smallest absolute Gasteiger partial charge is 0.245 e. The zero-order chi connectivity index (χ0) is 15.3. The second-order valence-corrected chi connectivity index (χ2v) is 7.11. The molecular weight excluding hydrogens is 354 g/mol. The van der Waals surface area contributed by atoms with E-state index < -0.39 is 10.0 Å². The zero-order valence-electron chi connectivity index (χ0n) is 11.0. The van der Waals surface area contributed by atoms with E-state index in [4.69, 9.17) is 5.26 Å². The number of rotatable bonds is 5. The molecule has 0 bridgehead atoms. The fourth-order valence-corrected chi connectivity index (χ4v) is 3.61. The Bertz CT molecular complexity index is 757. The maximum absolute atomic E-state index is 12.6. The number of pyridine rings is 1. The fourth-order valence-electron chi connectivity index (χ4n) is 1.77. The van der Waals surface area contributed by atoms with Gasteiger partial charge in [0.1, 0.15) is 11.4 Å². The van der Waals surface area contributed by atoms with E-state index in [0.29, 0.717) is 4.47 Å². The van der Waals surface area contributed by atoms with Gasteiger partial charge in [0.25, 0.3) is 0 Å². The largest absolute Gasteiger partial charge is 0.262 e. The summed E-state index contributed by atoms with van der Waals surface area (Å²) in [6.45, 7) is -0.0764. The van der Waals surface area contributed by atoms with Crippen molar-refractivity contribution in [1.29, 1.82) is 5.26 Å². The van der Waals surface area contributed by atoms with E-state index in [1.165, 1.54) is 18.5 Å². The van der Waals surface area contributed by atoms with Crippen molar-refractivity contribution in [2.24, 2.45) is 0 Å². The van der Waals surface area contributed by atoms with Gasteiger partial charge in [-0.25, -0.2) is 8.42 Å². The first kappa shape index (κ1) is 15.6. The molecule has 0 fully saturated rings. The second kappa shape index (κ2) is 6.80. The van der Waals surface area contributed by atoms with E-state index in [1.807, 2.05) is 36.4 Å². The Labute approximate surface area is 132 Å². The third kappa shape index (κ3) is 3.88. The number of hydrogen-bond acceptors (Lipinski definition) is 4. The molecule has 2 aromatic rings. The molecule has 0 spiro atoms. The first-order valence-corrected chi connectivity index (χ1v) is 8.29. The highest BCUT2D eigenvalue weighted by Gasteiger charge is 2.25. The molecule has 0 radical (unpaired) electrons. The van der Waals surface area contributed by atoms with Gasteiger partial charge in [0.05, 0.1) is 6.07 Å². The summed E-state index contributed by atoms with van der Waals surface area (Å²) < 4.78 is 26.9. The Kier molecular flexibility index (Phi) is 5.07. The van der Waals surface area contributed by atoms with E-state index in [0.717, 1.165) is 9.87 Å². The summed E-state index contributed by atoms with van der Waals surface area (Å²) >= 11 is 3.20. The Morgan fingerprint density at radius 2 is 1.95 bits per heavy atom. The van der Waals surface area contributed by atoms with E-state index in [1.54, 1.807) is 0 Å². The van der Waals surface area contributed by atoms with Gasteiger partial charge in [0.2, 0.25) is 10.0 Å². The number of benzene rings is 1. The molecule has 5 nitrogen and oxygen atoms in total. The molecule has 0 aliphatic heterocycles. The van der Waals surface area contributed by atoms with E-state index in [9.17, 15) is 8.42 Å². The van der Waals surface area contributed by atoms with Crippen molar-refractivity contribution in [3.8, 4) is 6.07 Å². The highest BCUT2D eigenvalue weighted by atomic mass is 79.9. The molecule has 0 aliphatic carbocycles. The maximum Gasteiger partial charge on any atom is 0.245 e. The van der Waals surface area contributed by atoms with Gasteiger partial charge >= 0.3 is 0 Å². The van der Waals surface area contributed by atoms with Crippen LogP contribution in [-0.4, -0.2) is 24.3 Å². The van der Waals surface area contributed by atoms with Gasteiger partial charge in [-0.1, -0.05) is 30.3 Å². The van der Waals surface area contributed by atoms with Crippen molar-refractivity contribution in [3.05, 3.63) is 58.8 Å². The van der Waals surface area contributed by atoms with Gasteiger partial charge in [0.15, 0.2) is 0 Å². The molecule has 0 saturated heterocycles. The van der Waals surface area contributed by atoms with E-state index in [-0.39, 0.29) is 18.0 Å². The summed E-state index contributed by atoms with van der Waals surface area (Å²) in [6, 6.07) is 12.5. The molecule has 108 valence electrons. The molecule has 0 aliphatic rings. The SMILES string of the molecule is N#CCN(Cc1ccccc1)S(=O)(=O)c1cncc(Br)c1. The molecular formula is C14H12BrN3O2S. The van der Waals surface area contributed by atoms with Crippen LogP contribution in [0.2, 0.25) is 0 Å². The lowest BCUT2D eigenvalue weighted by atomic mass is 10.2. The average Bonchev–Trinajstić information content (AvgIpc) is 2.48. The summed E-state index contributed by atoms with van der Waals surface area (Å²) in [7, 11) is -3.77. The molecule has 0 amide bonds. The molecule has 0 atom stereocenters. The van der Waals surface area contributed by atoms with Crippen molar-refractivity contribution < 1.29 is 8.42 Å². The molecule has 2 rings (SSSR count). The predicted molar refractivity (Wildman–Crippen MR) is 81.6 cm³/mol. The molecule has 21 heavy (non-hydrogen) atoms. The third-order valence-corrected chi connectivity index (χ3v) is 4.96. The normalized spacial score (nSPS) is 11.3. The van der Waals surface area contributed by atoms with Crippen LogP contribution in [-0.2, 0) is 16.6 Å². The van der Waals surface area contributed by atoms with Crippen LogP contribution in [0.4, 0.5) is 0 Å². The Hall–Kier alpha value is -1.75. The van der Waals surface area contributed by atoms with Crippen LogP contribution >= 0.6 is 15.9 Å². The maximum atomic E-state index is 12.6. The summed E-state index contributed by atoms with van der Waals surface area (Å²) in [5, 5.41) is 8.90. The number of nitriles is 1. The second-order valence-electron chi connectivity index (χ2n) is 4.26. The Morgan fingerprint density at radius 3 is 2.57 bits per heavy atom. The summed E-state index contributed by atoms with van der Waals surface area (Å²) in [5.41, 5.74) is 0.819. The minimum Gasteiger partial charge on any atom is -0.262 e. The van der Waals surface area contributed by atoms with Crippen LogP contribution in [0.25, 0.3) is 0 Å². The number of aromatic nitrogens is 1. The topological polar surface area (TPSA) is 74.1 Å². The van der Waals surface area contributed by atoms with Gasteiger partial charge in [0, 0.05) is 23.4 Å². The van der Waals surface area contributed by atoms with Gasteiger partial charge in [-0.05, 0) is 27.6 Å². The van der Waals surface area contributed by atoms with Crippen LogP contribution in [0.15, 0.2) is 58.2 Å². The predicted octanol–water partition coefficient (Wildman–Crippen LogP) is 2.56. The van der Waals surface area contributed by atoms with Crippen LogP contribution in [0.3, 0.4) is 0 Å². The van der Waals surface area contributed by atoms with Crippen LogP contribution < -0.4 is 0 Å². The zero-order valence-corrected chi connectivity index (χ0v) is 13.4. The number of halogens is 1. The molecule has 0 N–H and O–H groups in total. The summed E-state index contributed by atoms with van der Waals surface area (Å²) in [4.78, 5) is 3.92. The standard InChI is InChI=1S/C14H12BrN3O2S/c15-13-8-14(10-17-9-13)21(19,20)18(7-6-16)11-12-4-2-1-3-5-12/h1-5,8-10H,7,11H2. The van der Waals surface area contributed by atoms with Crippen LogP contribution in [0.1, 0.15) is 5.56 Å². The van der Waals surface area contributed by atoms with Gasteiger partial charge < -0.3 is 0 Å². The molecule has 0 unspecified atom stereocenters. The molecule has 0 saturated carbocycles. The monoisotopic (exact) mass is 365 g/mol. The van der Waals surface area contributed by atoms with Crippen molar-refractivity contribution >= 4 is 26.0 Å². The van der Waals surface area contributed by atoms with Gasteiger partial charge in [-0.3, -0.25) is 4.98 Å². The average molecular weight is 366 g/mol.